The quantitative estimate of drug-likeness (QED) is 0.378. The van der Waals surface area contributed by atoms with Gasteiger partial charge in [0.2, 0.25) is 10.0 Å². The zero-order valence-electron chi connectivity index (χ0n) is 18.9. The highest BCUT2D eigenvalue weighted by Gasteiger charge is 2.31. The van der Waals surface area contributed by atoms with Crippen LogP contribution in [-0.2, 0) is 19.9 Å². The lowest BCUT2D eigenvalue weighted by atomic mass is 10.0. The van der Waals surface area contributed by atoms with Crippen LogP contribution in [0.25, 0.3) is 10.8 Å². The largest absolute Gasteiger partial charge is 0.264 e. The predicted octanol–water partition coefficient (Wildman–Crippen LogP) is 4.85. The average molecular weight is 495 g/mol. The van der Waals surface area contributed by atoms with Crippen molar-refractivity contribution in [2.75, 3.05) is 6.54 Å². The summed E-state index contributed by atoms with van der Waals surface area (Å²) in [6, 6.07) is 22.3. The fraction of sp³-hybridized carbons (Fsp3) is 0.192. The summed E-state index contributed by atoms with van der Waals surface area (Å²) in [4.78, 5) is 4.26. The Bertz CT molecular complexity index is 1500. The van der Waals surface area contributed by atoms with Crippen LogP contribution < -0.4 is 4.72 Å². The normalized spacial score (nSPS) is 13.3. The number of rotatable bonds is 8. The molecule has 0 aliphatic carbocycles. The van der Waals surface area contributed by atoms with E-state index in [4.69, 9.17) is 0 Å². The molecule has 0 spiro atoms. The third-order valence-corrected chi connectivity index (χ3v) is 9.33. The van der Waals surface area contributed by atoms with Gasteiger partial charge in [-0.3, -0.25) is 4.98 Å². The van der Waals surface area contributed by atoms with Crippen LogP contribution in [-0.4, -0.2) is 28.4 Å². The Labute approximate surface area is 200 Å². The molecular weight excluding hydrogens is 468 g/mol. The van der Waals surface area contributed by atoms with Crippen molar-refractivity contribution in [3.8, 4) is 0 Å². The highest BCUT2D eigenvalue weighted by molar-refractivity contribution is 7.92. The van der Waals surface area contributed by atoms with Crippen LogP contribution in [0, 0.1) is 0 Å². The molecule has 6 nitrogen and oxygen atoms in total. The van der Waals surface area contributed by atoms with Crippen LogP contribution >= 0.6 is 0 Å². The van der Waals surface area contributed by atoms with E-state index >= 15 is 0 Å². The van der Waals surface area contributed by atoms with Crippen LogP contribution in [0.5, 0.6) is 0 Å². The summed E-state index contributed by atoms with van der Waals surface area (Å²) in [5.74, 6) is 0.264. The van der Waals surface area contributed by atoms with Crippen molar-refractivity contribution in [1.82, 2.24) is 9.71 Å². The van der Waals surface area contributed by atoms with Gasteiger partial charge in [0.15, 0.2) is 9.84 Å². The molecule has 0 aliphatic rings. The lowest BCUT2D eigenvalue weighted by Gasteiger charge is -2.19. The van der Waals surface area contributed by atoms with E-state index in [0.29, 0.717) is 5.56 Å². The number of aromatic nitrogens is 1. The molecule has 0 aliphatic heterocycles. The van der Waals surface area contributed by atoms with Gasteiger partial charge >= 0.3 is 0 Å². The molecule has 0 radical (unpaired) electrons. The van der Waals surface area contributed by atoms with Gasteiger partial charge in [-0.1, -0.05) is 62.4 Å². The van der Waals surface area contributed by atoms with Crippen LogP contribution in [0.3, 0.4) is 0 Å². The first-order chi connectivity index (χ1) is 16.2. The summed E-state index contributed by atoms with van der Waals surface area (Å²) in [5, 5.41) is 0.565. The number of sulfonamides is 1. The van der Waals surface area contributed by atoms with Gasteiger partial charge in [0.05, 0.1) is 9.79 Å². The minimum Gasteiger partial charge on any atom is -0.264 e. The molecule has 1 unspecified atom stereocenters. The van der Waals surface area contributed by atoms with E-state index in [1.54, 1.807) is 54.7 Å². The fourth-order valence-corrected chi connectivity index (χ4v) is 6.62. The van der Waals surface area contributed by atoms with E-state index in [1.165, 1.54) is 12.3 Å². The lowest BCUT2D eigenvalue weighted by Crippen LogP contribution is -2.32. The Kier molecular flexibility index (Phi) is 6.84. The molecule has 8 heteroatoms. The standard InChI is InChI=1S/C26H26N2O4S2/c1-19(2)20-9-12-24(13-10-20)33(29,30)26(23-8-5-15-27-17-23)18-28-34(31,32)25-14-11-21-6-3-4-7-22(21)16-25/h3-17,19,26,28H,18H2,1-2H3. The predicted molar refractivity (Wildman–Crippen MR) is 134 cm³/mol. The van der Waals surface area contributed by atoms with Gasteiger partial charge < -0.3 is 0 Å². The van der Waals surface area contributed by atoms with Crippen molar-refractivity contribution >= 4 is 30.6 Å². The Morgan fingerprint density at radius 1 is 0.765 bits per heavy atom. The molecule has 1 atom stereocenters. The molecule has 1 heterocycles. The summed E-state index contributed by atoms with van der Waals surface area (Å²) < 4.78 is 55.8. The average Bonchev–Trinajstić information content (AvgIpc) is 2.84. The molecule has 34 heavy (non-hydrogen) atoms. The van der Waals surface area contributed by atoms with Gasteiger partial charge in [-0.15, -0.1) is 0 Å². The van der Waals surface area contributed by atoms with Crippen LogP contribution in [0.4, 0.5) is 0 Å². The Morgan fingerprint density at radius 2 is 1.44 bits per heavy atom. The first kappa shape index (κ1) is 24.1. The molecule has 1 aromatic heterocycles. The van der Waals surface area contributed by atoms with Crippen LogP contribution in [0.2, 0.25) is 0 Å². The second-order valence-electron chi connectivity index (χ2n) is 8.40. The zero-order valence-corrected chi connectivity index (χ0v) is 20.6. The zero-order chi connectivity index (χ0) is 24.3. The number of sulfone groups is 1. The molecule has 0 bridgehead atoms. The highest BCUT2D eigenvalue weighted by Crippen LogP contribution is 2.30. The molecule has 0 saturated heterocycles. The molecule has 4 aromatic rings. The number of fused-ring (bicyclic) bond motifs is 1. The van der Waals surface area contributed by atoms with E-state index in [0.717, 1.165) is 16.3 Å². The Hall–Kier alpha value is -3.07. The Balaban J connectivity index is 1.66. The molecule has 1 N–H and O–H groups in total. The minimum atomic E-state index is -3.95. The van der Waals surface area contributed by atoms with Gasteiger partial charge in [0.25, 0.3) is 0 Å². The van der Waals surface area contributed by atoms with Crippen LogP contribution in [0.15, 0.2) is 101 Å². The van der Waals surface area contributed by atoms with Crippen molar-refractivity contribution in [3.63, 3.8) is 0 Å². The number of benzene rings is 3. The first-order valence-electron chi connectivity index (χ1n) is 10.9. The van der Waals surface area contributed by atoms with Crippen molar-refractivity contribution in [3.05, 3.63) is 102 Å². The van der Waals surface area contributed by atoms with Crippen molar-refractivity contribution in [1.29, 1.82) is 0 Å². The second-order valence-corrected chi connectivity index (χ2v) is 12.3. The van der Waals surface area contributed by atoms with E-state index in [-0.39, 0.29) is 22.3 Å². The maximum Gasteiger partial charge on any atom is 0.240 e. The molecule has 0 fully saturated rings. The lowest BCUT2D eigenvalue weighted by molar-refractivity contribution is 0.568. The maximum atomic E-state index is 13.6. The SMILES string of the molecule is CC(C)c1ccc(S(=O)(=O)C(CNS(=O)(=O)c2ccc3ccccc3c2)c2cccnc2)cc1. The topological polar surface area (TPSA) is 93.2 Å². The van der Waals surface area contributed by atoms with E-state index in [1.807, 2.05) is 38.1 Å². The minimum absolute atomic E-state index is 0.0785. The smallest absolute Gasteiger partial charge is 0.240 e. The molecular formula is C26H26N2O4S2. The van der Waals surface area contributed by atoms with Gasteiger partial charge in [-0.25, -0.2) is 21.6 Å². The monoisotopic (exact) mass is 494 g/mol. The molecule has 0 saturated carbocycles. The summed E-state index contributed by atoms with van der Waals surface area (Å²) in [5.41, 5.74) is 1.44. The van der Waals surface area contributed by atoms with Gasteiger partial charge in [0.1, 0.15) is 5.25 Å². The number of nitrogens with one attached hydrogen (secondary N) is 1. The Morgan fingerprint density at radius 3 is 2.09 bits per heavy atom. The van der Waals surface area contributed by atoms with Gasteiger partial charge in [0, 0.05) is 18.9 Å². The fourth-order valence-electron chi connectivity index (χ4n) is 3.78. The summed E-state index contributed by atoms with van der Waals surface area (Å²) in [7, 11) is -7.85. The summed E-state index contributed by atoms with van der Waals surface area (Å²) >= 11 is 0. The van der Waals surface area contributed by atoms with Gasteiger partial charge in [-0.05, 0) is 58.1 Å². The van der Waals surface area contributed by atoms with Crippen molar-refractivity contribution < 1.29 is 16.8 Å². The van der Waals surface area contributed by atoms with E-state index in [2.05, 4.69) is 9.71 Å². The third kappa shape index (κ3) is 5.04. The number of hydrogen-bond donors (Lipinski definition) is 1. The third-order valence-electron chi connectivity index (χ3n) is 5.80. The highest BCUT2D eigenvalue weighted by atomic mass is 32.2. The first-order valence-corrected chi connectivity index (χ1v) is 13.9. The molecule has 3 aromatic carbocycles. The molecule has 0 amide bonds. The maximum absolute atomic E-state index is 13.6. The summed E-state index contributed by atoms with van der Waals surface area (Å²) in [6.07, 6.45) is 3.00. The van der Waals surface area contributed by atoms with E-state index < -0.39 is 25.1 Å². The van der Waals surface area contributed by atoms with Crippen molar-refractivity contribution in [2.45, 2.75) is 34.8 Å². The van der Waals surface area contributed by atoms with Crippen molar-refractivity contribution in [2.24, 2.45) is 0 Å². The molecule has 176 valence electrons. The van der Waals surface area contributed by atoms with Crippen LogP contribution in [0.1, 0.15) is 36.1 Å². The molecule has 4 rings (SSSR count). The number of nitrogens with zero attached hydrogens (tertiary/aromatic N) is 1. The number of pyridine rings is 1. The van der Waals surface area contributed by atoms with E-state index in [9.17, 15) is 16.8 Å². The number of hydrogen-bond acceptors (Lipinski definition) is 5. The summed E-state index contributed by atoms with van der Waals surface area (Å²) in [6.45, 7) is 3.74. The van der Waals surface area contributed by atoms with Gasteiger partial charge in [-0.2, -0.15) is 0 Å². The second kappa shape index (κ2) is 9.66.